The van der Waals surface area contributed by atoms with Crippen LogP contribution >= 0.6 is 58.6 Å². The number of carbonyl (C=O) groups is 4. The van der Waals surface area contributed by atoms with Crippen molar-refractivity contribution in [2.75, 3.05) is 56.9 Å². The van der Waals surface area contributed by atoms with E-state index in [1.807, 2.05) is 0 Å². The lowest BCUT2D eigenvalue weighted by Crippen LogP contribution is -2.28. The number of para-hydroxylation sites is 4. The average Bonchev–Trinajstić information content (AvgIpc) is 1.64. The van der Waals surface area contributed by atoms with Crippen molar-refractivity contribution in [1.29, 1.82) is 0 Å². The van der Waals surface area contributed by atoms with E-state index in [0.717, 1.165) is 44.6 Å². The lowest BCUT2D eigenvalue weighted by molar-refractivity contribution is 0.0729. The van der Waals surface area contributed by atoms with Gasteiger partial charge >= 0.3 is 0 Å². The molecule has 0 saturated carbocycles. The number of nitrogens with zero attached hydrogens (tertiary/aromatic N) is 8. The van der Waals surface area contributed by atoms with Crippen LogP contribution in [0, 0.1) is 82.5 Å². The summed E-state index contributed by atoms with van der Waals surface area (Å²) in [5.41, 5.74) is 1.62. The van der Waals surface area contributed by atoms with Crippen molar-refractivity contribution in [3.63, 3.8) is 0 Å². The monoisotopic (exact) mass is 1900 g/mol. The molecule has 0 saturated heterocycles. The molecule has 4 heterocycles. The number of hydrazone groups is 4. The fourth-order valence-electron chi connectivity index (χ4n) is 13.4. The van der Waals surface area contributed by atoms with Gasteiger partial charge in [-0.05, 0) is 170 Å². The molecule has 12 aromatic rings. The molecule has 0 N–H and O–H groups in total. The van der Waals surface area contributed by atoms with Crippen LogP contribution in [0.5, 0.6) is 46.0 Å². The molecule has 0 radical (unpaired) electrons. The van der Waals surface area contributed by atoms with E-state index in [9.17, 15) is 76.3 Å². The number of halogens is 14. The number of aryl methyl sites for hydroxylation is 1. The highest BCUT2D eigenvalue weighted by atomic mass is 35.5. The smallest absolute Gasteiger partial charge is 0.281 e. The zero-order valence-corrected chi connectivity index (χ0v) is 73.6. The van der Waals surface area contributed by atoms with E-state index >= 15 is 0 Å². The maximum absolute atomic E-state index is 14.8. The summed E-state index contributed by atoms with van der Waals surface area (Å²) < 4.78 is 225. The largest absolute Gasteiger partial charge is 0.493 e. The van der Waals surface area contributed by atoms with Gasteiger partial charge in [0.25, 0.3) is 23.6 Å². The number of hydrogen-bond acceptors (Lipinski definition) is 20. The molecule has 0 fully saturated rings. The molecule has 20 nitrogen and oxygen atoms in total. The summed E-state index contributed by atoms with van der Waals surface area (Å²) in [4.78, 5) is 53.2. The van der Waals surface area contributed by atoms with Crippen LogP contribution in [0.1, 0.15) is 113 Å². The number of amides is 4. The molecule has 4 amide bonds. The number of thioether (sulfide) groups is 4. The highest BCUT2D eigenvalue weighted by molar-refractivity contribution is 8.15. The lowest BCUT2D eigenvalue weighted by Gasteiger charge is -2.24. The van der Waals surface area contributed by atoms with Gasteiger partial charge in [0.1, 0.15) is 99.3 Å². The molecule has 16 rings (SSSR count). The number of carbonyl (C=O) groups excluding carboxylic acids is 4. The summed E-state index contributed by atoms with van der Waals surface area (Å²) in [6, 6.07) is 51.0. The van der Waals surface area contributed by atoms with Crippen LogP contribution in [0.25, 0.3) is 0 Å². The first-order valence-corrected chi connectivity index (χ1v) is 42.3. The third-order valence-corrected chi connectivity index (χ3v) is 24.9. The highest BCUT2D eigenvalue weighted by Gasteiger charge is 2.44. The van der Waals surface area contributed by atoms with Gasteiger partial charge in [0.15, 0.2) is 75.1 Å². The molecule has 0 aliphatic carbocycles. The molecule has 0 spiro atoms. The van der Waals surface area contributed by atoms with Crippen molar-refractivity contribution in [3.8, 4) is 46.0 Å². The first-order valence-electron chi connectivity index (χ1n) is 38.4. The Balaban J connectivity index is 0.000000149. The second-order valence-electron chi connectivity index (χ2n) is 27.6. The first kappa shape index (κ1) is 95.0. The van der Waals surface area contributed by atoms with E-state index in [-0.39, 0.29) is 26.9 Å². The molecule has 4 aliphatic heterocycles. The van der Waals surface area contributed by atoms with Crippen molar-refractivity contribution in [2.24, 2.45) is 20.4 Å². The maximum atomic E-state index is 14.8. The van der Waals surface area contributed by atoms with Gasteiger partial charge in [0.2, 0.25) is 0 Å². The fourth-order valence-corrected chi connectivity index (χ4v) is 18.3. The van der Waals surface area contributed by atoms with Gasteiger partial charge in [-0.25, -0.2) is 77.1 Å². The molecule has 12 aromatic carbocycles. The number of ether oxygens (including phenoxy) is 8. The molecule has 131 heavy (non-hydrogen) atoms. The fraction of sp³-hybridized carbons (Fsp3) is 0.140. The lowest BCUT2D eigenvalue weighted by atomic mass is 10.1. The Bertz CT molecular complexity index is 6310. The second kappa shape index (κ2) is 41.9. The maximum Gasteiger partial charge on any atom is 0.281 e. The summed E-state index contributed by atoms with van der Waals surface area (Å²) in [5.74, 6) is -13.5. The van der Waals surface area contributed by atoms with Crippen molar-refractivity contribution < 1.29 is 114 Å². The van der Waals surface area contributed by atoms with E-state index in [2.05, 4.69) is 20.4 Å². The molecule has 0 aromatic heterocycles. The van der Waals surface area contributed by atoms with Gasteiger partial charge in [0.05, 0.1) is 73.0 Å². The summed E-state index contributed by atoms with van der Waals surface area (Å²) in [6.45, 7) is 1.44. The average molecular weight is 1900 g/mol. The van der Waals surface area contributed by atoms with Crippen molar-refractivity contribution in [2.45, 2.75) is 28.4 Å². The number of benzene rings is 12. The molecular formula is C93H68ClF13N8O12S4. The summed E-state index contributed by atoms with van der Waals surface area (Å²) >= 11 is 10.5. The summed E-state index contributed by atoms with van der Waals surface area (Å²) in [7, 11) is 11.6. The van der Waals surface area contributed by atoms with Gasteiger partial charge in [-0.1, -0.05) is 119 Å². The van der Waals surface area contributed by atoms with Gasteiger partial charge in [-0.15, -0.1) is 0 Å². The highest BCUT2D eigenvalue weighted by Crippen LogP contribution is 2.53. The van der Waals surface area contributed by atoms with Crippen LogP contribution in [-0.2, 0) is 0 Å². The third-order valence-electron chi connectivity index (χ3n) is 19.7. The number of rotatable bonds is 20. The van der Waals surface area contributed by atoms with E-state index in [0.29, 0.717) is 124 Å². The summed E-state index contributed by atoms with van der Waals surface area (Å²) in [6.07, 6.45) is 0. The zero-order valence-electron chi connectivity index (χ0n) is 69.6. The molecular weight excluding hydrogens is 1830 g/mol. The topological polar surface area (TPSA) is 205 Å². The van der Waals surface area contributed by atoms with Crippen LogP contribution in [0.15, 0.2) is 245 Å². The Morgan fingerprint density at radius 3 is 0.893 bits per heavy atom. The van der Waals surface area contributed by atoms with E-state index in [1.165, 1.54) is 202 Å². The standard InChI is InChI=1S/C24H19F3N2O3S.C23H17ClF2N2O3S.2C23H16F4N2O3S/c1-13-7-12-17(26)19(20(13)27)23(30)29-24(16-5-4-6-18(31-2)21(16)32-3)33-22(28-29)14-8-10-15(25)11-9-14;1-30-18-8-4-6-16(20(18)31-2)23-28(22(29)15-5-3-7-17(24)19(15)26)27-21(32-23)13-9-11-14(25)12-10-13;1-31-19-5-3-4-14(20(19)32-2)23-29(22(30)15-10-17(26)18(27)11-16(15)25)28-21(33-23)12-6-8-13(24)9-7-12;1-31-17-5-3-4-14(20(17)32-2)23-29(22(30)18-15(25)10-11-16(26)19(18)27)28-21(33-23)12-6-8-13(24)9-7-12/h4-12,24H,1-3H3;3-12,23H,1-2H3;2*3-11,23H,1-2H3. The SMILES string of the molecule is COc1cccc(C2SC(c3ccc(F)cc3)=NN2C(=O)c2c(F)ccc(C)c2F)c1OC.COc1cccc(C2SC(c3ccc(F)cc3)=NN2C(=O)c2c(F)ccc(F)c2F)c1OC.COc1cccc(C2SC(c3ccc(F)cc3)=NN2C(=O)c2cc(F)c(F)cc2F)c1OC.COc1cccc(C2SC(c3ccc(F)cc3)=NN2C(=O)c2cccc(Cl)c2F)c1OC. The Labute approximate surface area is 761 Å². The van der Waals surface area contributed by atoms with Crippen LogP contribution in [0.4, 0.5) is 57.1 Å². The first-order chi connectivity index (χ1) is 63.0. The van der Waals surface area contributed by atoms with Crippen LogP contribution in [-0.4, -0.2) is 121 Å². The van der Waals surface area contributed by atoms with Gasteiger partial charge < -0.3 is 37.9 Å². The van der Waals surface area contributed by atoms with Crippen LogP contribution < -0.4 is 37.9 Å². The Morgan fingerprint density at radius 2 is 0.573 bits per heavy atom. The Hall–Kier alpha value is -13.6. The predicted molar refractivity (Wildman–Crippen MR) is 471 cm³/mol. The van der Waals surface area contributed by atoms with Gasteiger partial charge in [-0.3, -0.25) is 19.2 Å². The van der Waals surface area contributed by atoms with Crippen molar-refractivity contribution >= 4 is 102 Å². The second-order valence-corrected chi connectivity index (χ2v) is 32.3. The molecule has 674 valence electrons. The Kier molecular flexibility index (Phi) is 30.4. The molecule has 4 unspecified atom stereocenters. The van der Waals surface area contributed by atoms with Gasteiger partial charge in [0, 0.05) is 50.6 Å². The minimum absolute atomic E-state index is 0.129. The normalized spacial score (nSPS) is 15.4. The van der Waals surface area contributed by atoms with Crippen LogP contribution in [0.3, 0.4) is 0 Å². The zero-order chi connectivity index (χ0) is 93.9. The van der Waals surface area contributed by atoms with E-state index in [4.69, 9.17) is 49.5 Å². The van der Waals surface area contributed by atoms with Crippen molar-refractivity contribution in [1.82, 2.24) is 20.0 Å². The number of hydrogen-bond donors (Lipinski definition) is 0. The predicted octanol–water partition coefficient (Wildman–Crippen LogP) is 22.6. The minimum atomic E-state index is -1.62. The van der Waals surface area contributed by atoms with Crippen molar-refractivity contribution in [3.05, 3.63) is 377 Å². The quantitative estimate of drug-likeness (QED) is 0.0514. The summed E-state index contributed by atoms with van der Waals surface area (Å²) in [5, 5.41) is 19.4. The van der Waals surface area contributed by atoms with E-state index in [1.54, 1.807) is 84.9 Å². The third kappa shape index (κ3) is 20.2. The van der Waals surface area contributed by atoms with Crippen LogP contribution in [0.2, 0.25) is 5.02 Å². The van der Waals surface area contributed by atoms with E-state index < -0.39 is 137 Å². The molecule has 0 bridgehead atoms. The molecule has 4 aliphatic rings. The molecule has 4 atom stereocenters. The number of methoxy groups -OCH3 is 8. The van der Waals surface area contributed by atoms with Gasteiger partial charge in [-0.2, -0.15) is 20.4 Å². The minimum Gasteiger partial charge on any atom is -0.493 e. The molecule has 38 heteroatoms. The Morgan fingerprint density at radius 1 is 0.290 bits per heavy atom.